The van der Waals surface area contributed by atoms with Crippen molar-refractivity contribution in [3.05, 3.63) is 29.8 Å². The van der Waals surface area contributed by atoms with Gasteiger partial charge in [-0.25, -0.2) is 0 Å². The maximum absolute atomic E-state index is 12.7. The molecule has 2 aliphatic heterocycles. The fraction of sp³-hybridized carbons (Fsp3) is 0.636. The van der Waals surface area contributed by atoms with Crippen LogP contribution in [0.1, 0.15) is 25.3 Å². The largest absolute Gasteiger partial charge is 0.355 e. The molecule has 7 heteroatoms. The van der Waals surface area contributed by atoms with E-state index < -0.39 is 0 Å². The number of rotatable bonds is 6. The summed E-state index contributed by atoms with van der Waals surface area (Å²) in [7, 11) is 1.85. The number of aryl methyl sites for hydroxylation is 1. The summed E-state index contributed by atoms with van der Waals surface area (Å²) in [6, 6.07) is 8.65. The van der Waals surface area contributed by atoms with Crippen LogP contribution in [0.25, 0.3) is 0 Å². The van der Waals surface area contributed by atoms with Crippen LogP contribution in [-0.4, -0.2) is 91.2 Å². The molecule has 2 aliphatic rings. The number of likely N-dealkylation sites (tertiary alicyclic amines) is 1. The lowest BCUT2D eigenvalue weighted by molar-refractivity contribution is -0.135. The third kappa shape index (κ3) is 6.12. The SMILES string of the molecule is CN=C(NCCSc1ccc(C)cc1)N1CCN(C(C)C(=O)N2CCCC2)CC1. The van der Waals surface area contributed by atoms with Crippen LogP contribution in [0.3, 0.4) is 0 Å². The first-order valence-electron chi connectivity index (χ1n) is 10.8. The number of carbonyl (C=O) groups excluding carboxylic acids is 1. The van der Waals surface area contributed by atoms with Gasteiger partial charge in [0.25, 0.3) is 0 Å². The molecule has 1 unspecified atom stereocenters. The Labute approximate surface area is 179 Å². The molecule has 29 heavy (non-hydrogen) atoms. The van der Waals surface area contributed by atoms with Crippen molar-refractivity contribution in [3.63, 3.8) is 0 Å². The zero-order valence-electron chi connectivity index (χ0n) is 18.1. The predicted molar refractivity (Wildman–Crippen MR) is 122 cm³/mol. The van der Waals surface area contributed by atoms with Crippen molar-refractivity contribution in [2.75, 3.05) is 58.6 Å². The van der Waals surface area contributed by atoms with Crippen molar-refractivity contribution in [2.24, 2.45) is 4.99 Å². The minimum absolute atomic E-state index is 0.0175. The molecule has 0 saturated carbocycles. The monoisotopic (exact) mass is 417 g/mol. The molecule has 0 bridgehead atoms. The van der Waals surface area contributed by atoms with E-state index >= 15 is 0 Å². The highest BCUT2D eigenvalue weighted by atomic mass is 32.2. The summed E-state index contributed by atoms with van der Waals surface area (Å²) in [4.78, 5) is 25.1. The number of nitrogens with zero attached hydrogens (tertiary/aromatic N) is 4. The molecule has 0 spiro atoms. The van der Waals surface area contributed by atoms with E-state index in [0.29, 0.717) is 5.91 Å². The molecule has 1 aromatic carbocycles. The van der Waals surface area contributed by atoms with Gasteiger partial charge in [-0.2, -0.15) is 0 Å². The number of aliphatic imine (C=N–C) groups is 1. The summed E-state index contributed by atoms with van der Waals surface area (Å²) in [5.41, 5.74) is 1.29. The molecule has 2 fully saturated rings. The summed E-state index contributed by atoms with van der Waals surface area (Å²) in [6.07, 6.45) is 2.30. The molecule has 6 nitrogen and oxygen atoms in total. The Kier molecular flexibility index (Phi) is 8.24. The molecule has 0 aliphatic carbocycles. The van der Waals surface area contributed by atoms with Gasteiger partial charge in [0.2, 0.25) is 5.91 Å². The lowest BCUT2D eigenvalue weighted by atomic mass is 10.2. The summed E-state index contributed by atoms with van der Waals surface area (Å²) < 4.78 is 0. The van der Waals surface area contributed by atoms with Crippen LogP contribution in [-0.2, 0) is 4.79 Å². The highest BCUT2D eigenvalue weighted by molar-refractivity contribution is 7.99. The first kappa shape index (κ1) is 22.0. The Morgan fingerprint density at radius 1 is 1.07 bits per heavy atom. The average molecular weight is 418 g/mol. The molecule has 3 rings (SSSR count). The van der Waals surface area contributed by atoms with Gasteiger partial charge in [0.1, 0.15) is 0 Å². The summed E-state index contributed by atoms with van der Waals surface area (Å²) in [6.45, 7) is 10.5. The number of guanidine groups is 1. The van der Waals surface area contributed by atoms with Crippen LogP contribution < -0.4 is 5.32 Å². The van der Waals surface area contributed by atoms with Crippen molar-refractivity contribution in [3.8, 4) is 0 Å². The fourth-order valence-corrected chi connectivity index (χ4v) is 4.75. The molecule has 2 heterocycles. The molecule has 2 saturated heterocycles. The van der Waals surface area contributed by atoms with Crippen LogP contribution >= 0.6 is 11.8 Å². The topological polar surface area (TPSA) is 51.2 Å². The van der Waals surface area contributed by atoms with E-state index in [1.54, 1.807) is 0 Å². The first-order chi connectivity index (χ1) is 14.1. The zero-order chi connectivity index (χ0) is 20.6. The van der Waals surface area contributed by atoms with Gasteiger partial charge >= 0.3 is 0 Å². The molecule has 1 amide bonds. The van der Waals surface area contributed by atoms with Gasteiger partial charge in [-0.1, -0.05) is 17.7 Å². The Morgan fingerprint density at radius 3 is 2.34 bits per heavy atom. The molecule has 160 valence electrons. The molecule has 1 atom stereocenters. The standard InChI is InChI=1S/C22H35N5OS/c1-18-6-8-20(9-7-18)29-17-10-24-22(23-3)27-15-13-25(14-16-27)19(2)21(28)26-11-4-5-12-26/h6-9,19H,4-5,10-17H2,1-3H3,(H,23,24). The quantitative estimate of drug-likeness (QED) is 0.333. The molecule has 0 aromatic heterocycles. The van der Waals surface area contributed by atoms with E-state index in [2.05, 4.69) is 58.2 Å². The van der Waals surface area contributed by atoms with Gasteiger partial charge in [-0.15, -0.1) is 11.8 Å². The van der Waals surface area contributed by atoms with Crippen molar-refractivity contribution in [1.82, 2.24) is 20.0 Å². The summed E-state index contributed by atoms with van der Waals surface area (Å²) in [5.74, 6) is 2.27. The van der Waals surface area contributed by atoms with E-state index in [-0.39, 0.29) is 6.04 Å². The summed E-state index contributed by atoms with van der Waals surface area (Å²) in [5, 5.41) is 3.49. The van der Waals surface area contributed by atoms with Gasteiger partial charge in [-0.05, 0) is 38.8 Å². The van der Waals surface area contributed by atoms with Crippen LogP contribution in [0.4, 0.5) is 0 Å². The van der Waals surface area contributed by atoms with E-state index in [1.807, 2.05) is 23.7 Å². The zero-order valence-corrected chi connectivity index (χ0v) is 18.9. The smallest absolute Gasteiger partial charge is 0.239 e. The third-order valence-corrected chi connectivity index (χ3v) is 6.84. The second-order valence-corrected chi connectivity index (χ2v) is 9.04. The van der Waals surface area contributed by atoms with Gasteiger partial charge < -0.3 is 15.1 Å². The number of nitrogens with one attached hydrogen (secondary N) is 1. The van der Waals surface area contributed by atoms with Gasteiger partial charge in [0.15, 0.2) is 5.96 Å². The van der Waals surface area contributed by atoms with Crippen LogP contribution in [0.5, 0.6) is 0 Å². The fourth-order valence-electron chi connectivity index (χ4n) is 3.98. The lowest BCUT2D eigenvalue weighted by Gasteiger charge is -2.39. The highest BCUT2D eigenvalue weighted by Gasteiger charge is 2.30. The maximum Gasteiger partial charge on any atom is 0.239 e. The first-order valence-corrected chi connectivity index (χ1v) is 11.7. The van der Waals surface area contributed by atoms with Gasteiger partial charge in [0.05, 0.1) is 6.04 Å². The third-order valence-electron chi connectivity index (χ3n) is 5.82. The lowest BCUT2D eigenvalue weighted by Crippen LogP contribution is -2.57. The van der Waals surface area contributed by atoms with Crippen molar-refractivity contribution < 1.29 is 4.79 Å². The van der Waals surface area contributed by atoms with Gasteiger partial charge in [-0.3, -0.25) is 14.7 Å². The number of amides is 1. The summed E-state index contributed by atoms with van der Waals surface area (Å²) >= 11 is 1.86. The van der Waals surface area contributed by atoms with Gasteiger partial charge in [0, 0.05) is 63.5 Å². The molecular formula is C22H35N5OS. The number of hydrogen-bond acceptors (Lipinski definition) is 4. The average Bonchev–Trinajstić information content (AvgIpc) is 3.29. The molecule has 1 aromatic rings. The van der Waals surface area contributed by atoms with E-state index in [4.69, 9.17) is 0 Å². The number of carbonyl (C=O) groups is 1. The predicted octanol–water partition coefficient (Wildman–Crippen LogP) is 2.29. The van der Waals surface area contributed by atoms with Crippen molar-refractivity contribution in [2.45, 2.75) is 37.6 Å². The second-order valence-electron chi connectivity index (χ2n) is 7.87. The normalized spacial score (nSPS) is 19.5. The minimum atomic E-state index is -0.0175. The number of piperazine rings is 1. The second kappa shape index (κ2) is 10.9. The maximum atomic E-state index is 12.7. The Morgan fingerprint density at radius 2 is 1.72 bits per heavy atom. The van der Waals surface area contributed by atoms with Crippen LogP contribution in [0.15, 0.2) is 34.2 Å². The van der Waals surface area contributed by atoms with E-state index in [1.165, 1.54) is 10.5 Å². The molecular weight excluding hydrogens is 382 g/mol. The minimum Gasteiger partial charge on any atom is -0.355 e. The number of benzene rings is 1. The van der Waals surface area contributed by atoms with Crippen molar-refractivity contribution in [1.29, 1.82) is 0 Å². The van der Waals surface area contributed by atoms with Crippen LogP contribution in [0.2, 0.25) is 0 Å². The van der Waals surface area contributed by atoms with E-state index in [9.17, 15) is 4.79 Å². The van der Waals surface area contributed by atoms with E-state index in [0.717, 1.165) is 70.4 Å². The molecule has 0 radical (unpaired) electrons. The Hall–Kier alpha value is -1.73. The van der Waals surface area contributed by atoms with Crippen molar-refractivity contribution >= 4 is 23.6 Å². The Bertz CT molecular complexity index is 679. The molecule has 1 N–H and O–H groups in total. The number of thioether (sulfide) groups is 1. The number of hydrogen-bond donors (Lipinski definition) is 1. The highest BCUT2D eigenvalue weighted by Crippen LogP contribution is 2.17. The van der Waals surface area contributed by atoms with Crippen LogP contribution in [0, 0.1) is 6.92 Å². The Balaban J connectivity index is 1.39.